The van der Waals surface area contributed by atoms with Gasteiger partial charge in [0.05, 0.1) is 28.3 Å². The average Bonchev–Trinajstić information content (AvgIpc) is 2.69. The van der Waals surface area contributed by atoms with Crippen LogP contribution in [-0.4, -0.2) is 14.8 Å². The molecule has 2 rings (SSSR count). The lowest BCUT2D eigenvalue weighted by Crippen LogP contribution is -2.10. The molecule has 0 aliphatic rings. The van der Waals surface area contributed by atoms with Gasteiger partial charge in [-0.25, -0.2) is 4.68 Å². The van der Waals surface area contributed by atoms with Gasteiger partial charge >= 0.3 is 0 Å². The average molecular weight is 251 g/mol. The maximum atomic E-state index is 5.96. The van der Waals surface area contributed by atoms with Crippen LogP contribution < -0.4 is 5.73 Å². The molecule has 2 aromatic heterocycles. The predicted molar refractivity (Wildman–Crippen MR) is 68.3 cm³/mol. The maximum Gasteiger partial charge on any atom is 0.0829 e. The van der Waals surface area contributed by atoms with Gasteiger partial charge in [0.1, 0.15) is 0 Å². The molecule has 0 unspecified atom stereocenters. The van der Waals surface area contributed by atoms with Crippen LogP contribution in [0.25, 0.3) is 5.69 Å². The number of pyridine rings is 1. The Balaban J connectivity index is 2.29. The molecule has 2 heterocycles. The first kappa shape index (κ1) is 12.1. The lowest BCUT2D eigenvalue weighted by Gasteiger charge is -2.08. The van der Waals surface area contributed by atoms with Crippen LogP contribution in [0.1, 0.15) is 30.8 Å². The van der Waals surface area contributed by atoms with E-state index in [0.29, 0.717) is 5.02 Å². The SMILES string of the molecule is CC[C@@H](N)c1ccc(-n2cc(Cl)c(C)n2)cn1. The van der Waals surface area contributed by atoms with Crippen molar-refractivity contribution in [3.8, 4) is 5.69 Å². The van der Waals surface area contributed by atoms with E-state index in [2.05, 4.69) is 10.1 Å². The maximum absolute atomic E-state index is 5.96. The summed E-state index contributed by atoms with van der Waals surface area (Å²) in [7, 11) is 0. The van der Waals surface area contributed by atoms with Gasteiger partial charge in [-0.05, 0) is 25.5 Å². The molecule has 1 atom stereocenters. The molecule has 0 fully saturated rings. The highest BCUT2D eigenvalue weighted by Gasteiger charge is 2.07. The van der Waals surface area contributed by atoms with E-state index < -0.39 is 0 Å². The molecule has 0 aliphatic heterocycles. The van der Waals surface area contributed by atoms with Gasteiger partial charge in [-0.3, -0.25) is 4.98 Å². The minimum absolute atomic E-state index is 0.00741. The number of halogens is 1. The summed E-state index contributed by atoms with van der Waals surface area (Å²) in [5.41, 5.74) is 8.49. The molecule has 17 heavy (non-hydrogen) atoms. The number of hydrogen-bond donors (Lipinski definition) is 1. The molecule has 0 saturated carbocycles. The monoisotopic (exact) mass is 250 g/mol. The van der Waals surface area contributed by atoms with Crippen molar-refractivity contribution in [2.24, 2.45) is 5.73 Å². The molecule has 4 nitrogen and oxygen atoms in total. The number of nitrogens with zero attached hydrogens (tertiary/aromatic N) is 3. The Morgan fingerprint density at radius 1 is 1.47 bits per heavy atom. The molecule has 0 amide bonds. The van der Waals surface area contributed by atoms with Crippen LogP contribution in [0.2, 0.25) is 5.02 Å². The zero-order valence-electron chi connectivity index (χ0n) is 9.89. The van der Waals surface area contributed by atoms with E-state index in [1.165, 1.54) is 0 Å². The Kier molecular flexibility index (Phi) is 3.45. The predicted octanol–water partition coefficient (Wildman–Crippen LogP) is 2.64. The minimum atomic E-state index is -0.00741. The molecule has 0 radical (unpaired) electrons. The summed E-state index contributed by atoms with van der Waals surface area (Å²) < 4.78 is 1.71. The molecule has 2 aromatic rings. The Morgan fingerprint density at radius 3 is 2.71 bits per heavy atom. The molecule has 90 valence electrons. The Morgan fingerprint density at radius 2 is 2.24 bits per heavy atom. The number of aryl methyl sites for hydroxylation is 1. The second-order valence-corrected chi connectivity index (χ2v) is 4.37. The summed E-state index contributed by atoms with van der Waals surface area (Å²) in [5, 5.41) is 4.94. The first-order valence-corrected chi connectivity index (χ1v) is 5.93. The topological polar surface area (TPSA) is 56.7 Å². The van der Waals surface area contributed by atoms with E-state index in [-0.39, 0.29) is 6.04 Å². The zero-order valence-corrected chi connectivity index (χ0v) is 10.6. The van der Waals surface area contributed by atoms with Gasteiger partial charge in [0.25, 0.3) is 0 Å². The molecule has 0 aliphatic carbocycles. The molecule has 0 spiro atoms. The third kappa shape index (κ3) is 2.48. The fourth-order valence-corrected chi connectivity index (χ4v) is 1.66. The van der Waals surface area contributed by atoms with E-state index >= 15 is 0 Å². The van der Waals surface area contributed by atoms with E-state index in [0.717, 1.165) is 23.5 Å². The first-order chi connectivity index (χ1) is 8.11. The Hall–Kier alpha value is -1.39. The van der Waals surface area contributed by atoms with Crippen molar-refractivity contribution in [2.75, 3.05) is 0 Å². The largest absolute Gasteiger partial charge is 0.323 e. The van der Waals surface area contributed by atoms with Gasteiger partial charge < -0.3 is 5.73 Å². The third-order valence-corrected chi connectivity index (χ3v) is 3.07. The Labute approximate surface area is 105 Å². The van der Waals surface area contributed by atoms with Crippen molar-refractivity contribution >= 4 is 11.6 Å². The van der Waals surface area contributed by atoms with E-state index in [9.17, 15) is 0 Å². The summed E-state index contributed by atoms with van der Waals surface area (Å²) in [5.74, 6) is 0. The van der Waals surface area contributed by atoms with E-state index in [1.807, 2.05) is 26.0 Å². The second-order valence-electron chi connectivity index (χ2n) is 3.96. The molecular formula is C12H15ClN4. The first-order valence-electron chi connectivity index (χ1n) is 5.55. The van der Waals surface area contributed by atoms with Gasteiger partial charge in [0, 0.05) is 12.2 Å². The summed E-state index contributed by atoms with van der Waals surface area (Å²) in [6.45, 7) is 3.91. The van der Waals surface area contributed by atoms with Gasteiger partial charge in [-0.15, -0.1) is 0 Å². The van der Waals surface area contributed by atoms with Crippen LogP contribution in [0.5, 0.6) is 0 Å². The van der Waals surface area contributed by atoms with Crippen molar-refractivity contribution < 1.29 is 0 Å². The van der Waals surface area contributed by atoms with Crippen molar-refractivity contribution in [1.82, 2.24) is 14.8 Å². The summed E-state index contributed by atoms with van der Waals surface area (Å²) >= 11 is 5.96. The van der Waals surface area contributed by atoms with Gasteiger partial charge in [0.15, 0.2) is 0 Å². The van der Waals surface area contributed by atoms with E-state index in [1.54, 1.807) is 17.1 Å². The zero-order chi connectivity index (χ0) is 12.4. The van der Waals surface area contributed by atoms with Crippen molar-refractivity contribution in [3.63, 3.8) is 0 Å². The van der Waals surface area contributed by atoms with Crippen LogP contribution >= 0.6 is 11.6 Å². The van der Waals surface area contributed by atoms with E-state index in [4.69, 9.17) is 17.3 Å². The van der Waals surface area contributed by atoms with Gasteiger partial charge in [-0.2, -0.15) is 5.10 Å². The summed E-state index contributed by atoms with van der Waals surface area (Å²) in [4.78, 5) is 4.34. The van der Waals surface area contributed by atoms with Crippen LogP contribution in [0.15, 0.2) is 24.5 Å². The fourth-order valence-electron chi connectivity index (χ4n) is 1.53. The number of nitrogens with two attached hydrogens (primary N) is 1. The van der Waals surface area contributed by atoms with Crippen LogP contribution in [0.4, 0.5) is 0 Å². The molecule has 2 N–H and O–H groups in total. The normalized spacial score (nSPS) is 12.7. The molecule has 0 saturated heterocycles. The standard InChI is InChI=1S/C12H15ClN4/c1-3-11(14)12-5-4-9(6-15-12)17-7-10(13)8(2)16-17/h4-7,11H,3,14H2,1-2H3/t11-/m1/s1. The summed E-state index contributed by atoms with van der Waals surface area (Å²) in [6.07, 6.45) is 4.40. The van der Waals surface area contributed by atoms with Crippen molar-refractivity contribution in [3.05, 3.63) is 40.9 Å². The van der Waals surface area contributed by atoms with Crippen LogP contribution in [-0.2, 0) is 0 Å². The molecular weight excluding hydrogens is 236 g/mol. The quantitative estimate of drug-likeness (QED) is 0.911. The highest BCUT2D eigenvalue weighted by molar-refractivity contribution is 6.31. The number of aromatic nitrogens is 3. The Bertz CT molecular complexity index is 484. The second kappa shape index (κ2) is 4.85. The highest BCUT2D eigenvalue weighted by atomic mass is 35.5. The van der Waals surface area contributed by atoms with Crippen molar-refractivity contribution in [1.29, 1.82) is 0 Å². The lowest BCUT2D eigenvalue weighted by atomic mass is 10.1. The fraction of sp³-hybridized carbons (Fsp3) is 0.333. The highest BCUT2D eigenvalue weighted by Crippen LogP contribution is 2.17. The molecule has 0 bridgehead atoms. The van der Waals surface area contributed by atoms with Crippen LogP contribution in [0, 0.1) is 6.92 Å². The number of hydrogen-bond acceptors (Lipinski definition) is 3. The molecule has 5 heteroatoms. The smallest absolute Gasteiger partial charge is 0.0829 e. The third-order valence-electron chi connectivity index (χ3n) is 2.69. The van der Waals surface area contributed by atoms with Gasteiger partial charge in [-0.1, -0.05) is 18.5 Å². The minimum Gasteiger partial charge on any atom is -0.323 e. The van der Waals surface area contributed by atoms with Gasteiger partial charge in [0.2, 0.25) is 0 Å². The van der Waals surface area contributed by atoms with Crippen LogP contribution in [0.3, 0.4) is 0 Å². The molecule has 0 aromatic carbocycles. The number of rotatable bonds is 3. The van der Waals surface area contributed by atoms with Crippen molar-refractivity contribution in [2.45, 2.75) is 26.3 Å². The lowest BCUT2D eigenvalue weighted by molar-refractivity contribution is 0.674. The summed E-state index contributed by atoms with van der Waals surface area (Å²) in [6, 6.07) is 3.86.